The Hall–Kier alpha value is -2.93. The topological polar surface area (TPSA) is 58.6 Å². The molecule has 0 radical (unpaired) electrons. The standard InChI is InChI=1S/C24H34N4O3/c1-25-24(26-19-20-7-4-10-23(17-20)31-16-6-15-29-2)28-13-11-27(12-14-28)21-8-5-9-22(18-21)30-3/h4-5,7-10,17-18H,6,11-16,19H2,1-3H3,(H,25,26). The van der Waals surface area contributed by atoms with Crippen LogP contribution in [-0.2, 0) is 11.3 Å². The number of rotatable bonds is 9. The molecular formula is C24H34N4O3. The van der Waals surface area contributed by atoms with Gasteiger partial charge in [0.05, 0.1) is 13.7 Å². The Morgan fingerprint density at radius 3 is 2.48 bits per heavy atom. The van der Waals surface area contributed by atoms with E-state index in [1.54, 1.807) is 14.2 Å². The monoisotopic (exact) mass is 426 g/mol. The molecule has 0 amide bonds. The average Bonchev–Trinajstić information content (AvgIpc) is 2.83. The molecular weight excluding hydrogens is 392 g/mol. The molecule has 168 valence electrons. The molecule has 1 saturated heterocycles. The quantitative estimate of drug-likeness (QED) is 0.378. The van der Waals surface area contributed by atoms with Gasteiger partial charge in [-0.1, -0.05) is 18.2 Å². The van der Waals surface area contributed by atoms with Crippen molar-refractivity contribution in [2.24, 2.45) is 4.99 Å². The van der Waals surface area contributed by atoms with Crippen molar-refractivity contribution in [2.75, 3.05) is 65.6 Å². The summed E-state index contributed by atoms with van der Waals surface area (Å²) in [4.78, 5) is 9.19. The van der Waals surface area contributed by atoms with Crippen LogP contribution in [0.4, 0.5) is 5.69 Å². The van der Waals surface area contributed by atoms with Crippen LogP contribution in [0.3, 0.4) is 0 Å². The number of anilines is 1. The van der Waals surface area contributed by atoms with Crippen molar-refractivity contribution in [3.63, 3.8) is 0 Å². The second-order valence-electron chi connectivity index (χ2n) is 7.42. The molecule has 31 heavy (non-hydrogen) atoms. The van der Waals surface area contributed by atoms with Crippen molar-refractivity contribution in [1.82, 2.24) is 10.2 Å². The van der Waals surface area contributed by atoms with Crippen LogP contribution in [0, 0.1) is 0 Å². The minimum atomic E-state index is 0.657. The maximum Gasteiger partial charge on any atom is 0.194 e. The number of ether oxygens (including phenoxy) is 3. The predicted molar refractivity (Wildman–Crippen MR) is 125 cm³/mol. The molecule has 0 saturated carbocycles. The zero-order chi connectivity index (χ0) is 21.9. The van der Waals surface area contributed by atoms with Crippen LogP contribution in [0.25, 0.3) is 0 Å². The third kappa shape index (κ3) is 6.79. The van der Waals surface area contributed by atoms with Crippen LogP contribution < -0.4 is 19.7 Å². The van der Waals surface area contributed by atoms with E-state index in [0.717, 1.165) is 50.1 Å². The lowest BCUT2D eigenvalue weighted by Crippen LogP contribution is -2.52. The van der Waals surface area contributed by atoms with Crippen LogP contribution >= 0.6 is 0 Å². The molecule has 0 aromatic heterocycles. The Morgan fingerprint density at radius 1 is 0.968 bits per heavy atom. The molecule has 0 atom stereocenters. The number of aliphatic imine (C=N–C) groups is 1. The smallest absolute Gasteiger partial charge is 0.194 e. The van der Waals surface area contributed by atoms with Gasteiger partial charge in [-0.3, -0.25) is 4.99 Å². The maximum absolute atomic E-state index is 5.81. The molecule has 0 spiro atoms. The zero-order valence-electron chi connectivity index (χ0n) is 18.8. The van der Waals surface area contributed by atoms with E-state index in [1.165, 1.54) is 11.3 Å². The van der Waals surface area contributed by atoms with E-state index >= 15 is 0 Å². The second-order valence-corrected chi connectivity index (χ2v) is 7.42. The Balaban J connectivity index is 1.49. The molecule has 1 aliphatic rings. The van der Waals surface area contributed by atoms with Gasteiger partial charge in [0.15, 0.2) is 5.96 Å². The highest BCUT2D eigenvalue weighted by Gasteiger charge is 2.20. The second kappa shape index (κ2) is 12.1. The van der Waals surface area contributed by atoms with E-state index in [-0.39, 0.29) is 0 Å². The van der Waals surface area contributed by atoms with Gasteiger partial charge >= 0.3 is 0 Å². The highest BCUT2D eigenvalue weighted by atomic mass is 16.5. The van der Waals surface area contributed by atoms with Crippen LogP contribution in [-0.4, -0.2) is 71.5 Å². The number of benzene rings is 2. The van der Waals surface area contributed by atoms with Crippen molar-refractivity contribution in [3.8, 4) is 11.5 Å². The van der Waals surface area contributed by atoms with Gasteiger partial charge in [0, 0.05) is 71.7 Å². The Bertz CT molecular complexity index is 835. The lowest BCUT2D eigenvalue weighted by atomic mass is 10.2. The molecule has 1 aliphatic heterocycles. The molecule has 1 heterocycles. The van der Waals surface area contributed by atoms with Gasteiger partial charge in [0.2, 0.25) is 0 Å². The van der Waals surface area contributed by atoms with Crippen molar-refractivity contribution < 1.29 is 14.2 Å². The van der Waals surface area contributed by atoms with Crippen LogP contribution in [0.2, 0.25) is 0 Å². The number of nitrogens with zero attached hydrogens (tertiary/aromatic N) is 3. The molecule has 2 aromatic carbocycles. The first-order valence-electron chi connectivity index (χ1n) is 10.8. The SMILES string of the molecule is CN=C(NCc1cccc(OCCCOC)c1)N1CCN(c2cccc(OC)c2)CC1. The largest absolute Gasteiger partial charge is 0.497 e. The van der Waals surface area contributed by atoms with E-state index in [9.17, 15) is 0 Å². The maximum atomic E-state index is 5.81. The summed E-state index contributed by atoms with van der Waals surface area (Å²) >= 11 is 0. The summed E-state index contributed by atoms with van der Waals surface area (Å²) in [6, 6.07) is 16.4. The van der Waals surface area contributed by atoms with E-state index in [0.29, 0.717) is 19.8 Å². The molecule has 0 unspecified atom stereocenters. The van der Waals surface area contributed by atoms with Crippen molar-refractivity contribution in [3.05, 3.63) is 54.1 Å². The lowest BCUT2D eigenvalue weighted by molar-refractivity contribution is 0.172. The number of hydrogen-bond acceptors (Lipinski definition) is 5. The molecule has 0 aliphatic carbocycles. The number of hydrogen-bond donors (Lipinski definition) is 1. The fraction of sp³-hybridized carbons (Fsp3) is 0.458. The Morgan fingerprint density at radius 2 is 1.74 bits per heavy atom. The van der Waals surface area contributed by atoms with Gasteiger partial charge in [0.1, 0.15) is 11.5 Å². The third-order valence-electron chi connectivity index (χ3n) is 5.32. The predicted octanol–water partition coefficient (Wildman–Crippen LogP) is 3.01. The molecule has 7 heteroatoms. The Kier molecular flexibility index (Phi) is 8.84. The van der Waals surface area contributed by atoms with Crippen LogP contribution in [0.15, 0.2) is 53.5 Å². The molecule has 2 aromatic rings. The summed E-state index contributed by atoms with van der Waals surface area (Å²) in [6.07, 6.45) is 0.882. The summed E-state index contributed by atoms with van der Waals surface area (Å²) < 4.78 is 16.2. The minimum absolute atomic E-state index is 0.657. The first-order valence-corrected chi connectivity index (χ1v) is 10.8. The number of methoxy groups -OCH3 is 2. The summed E-state index contributed by atoms with van der Waals surface area (Å²) in [5, 5.41) is 3.49. The normalized spacial score (nSPS) is 14.5. The summed E-state index contributed by atoms with van der Waals surface area (Å²) in [5.41, 5.74) is 2.37. The van der Waals surface area contributed by atoms with Crippen LogP contribution in [0.1, 0.15) is 12.0 Å². The average molecular weight is 427 g/mol. The fourth-order valence-corrected chi connectivity index (χ4v) is 3.64. The summed E-state index contributed by atoms with van der Waals surface area (Å²) in [7, 11) is 5.25. The number of nitrogens with one attached hydrogen (secondary N) is 1. The fourth-order valence-electron chi connectivity index (χ4n) is 3.64. The highest BCUT2D eigenvalue weighted by Crippen LogP contribution is 2.22. The van der Waals surface area contributed by atoms with E-state index in [1.807, 2.05) is 31.3 Å². The summed E-state index contributed by atoms with van der Waals surface area (Å²) in [6.45, 7) is 5.79. The number of piperazine rings is 1. The van der Waals surface area contributed by atoms with E-state index in [2.05, 4.69) is 44.4 Å². The zero-order valence-corrected chi connectivity index (χ0v) is 18.8. The van der Waals surface area contributed by atoms with E-state index < -0.39 is 0 Å². The molecule has 1 N–H and O–H groups in total. The first-order chi connectivity index (χ1) is 15.2. The van der Waals surface area contributed by atoms with Gasteiger partial charge in [0.25, 0.3) is 0 Å². The molecule has 3 rings (SSSR count). The molecule has 7 nitrogen and oxygen atoms in total. The van der Waals surface area contributed by atoms with E-state index in [4.69, 9.17) is 14.2 Å². The minimum Gasteiger partial charge on any atom is -0.497 e. The molecule has 0 bridgehead atoms. The number of guanidine groups is 1. The van der Waals surface area contributed by atoms with Crippen LogP contribution in [0.5, 0.6) is 11.5 Å². The van der Waals surface area contributed by atoms with Gasteiger partial charge in [-0.2, -0.15) is 0 Å². The van der Waals surface area contributed by atoms with Gasteiger partial charge < -0.3 is 29.3 Å². The van der Waals surface area contributed by atoms with Crippen molar-refractivity contribution in [2.45, 2.75) is 13.0 Å². The van der Waals surface area contributed by atoms with Crippen molar-refractivity contribution in [1.29, 1.82) is 0 Å². The summed E-state index contributed by atoms with van der Waals surface area (Å²) in [5.74, 6) is 2.70. The van der Waals surface area contributed by atoms with Gasteiger partial charge in [-0.25, -0.2) is 0 Å². The highest BCUT2D eigenvalue weighted by molar-refractivity contribution is 5.80. The van der Waals surface area contributed by atoms with Gasteiger partial charge in [-0.05, 0) is 29.8 Å². The van der Waals surface area contributed by atoms with Crippen molar-refractivity contribution >= 4 is 11.6 Å². The lowest BCUT2D eigenvalue weighted by Gasteiger charge is -2.37. The first kappa shape index (κ1) is 22.7. The third-order valence-corrected chi connectivity index (χ3v) is 5.32. The molecule has 1 fully saturated rings. The van der Waals surface area contributed by atoms with Gasteiger partial charge in [-0.15, -0.1) is 0 Å². The Labute approximate surface area is 185 Å².